The summed E-state index contributed by atoms with van der Waals surface area (Å²) in [5, 5.41) is 2.68. The van der Waals surface area contributed by atoms with E-state index in [9.17, 15) is 4.79 Å². The van der Waals surface area contributed by atoms with E-state index in [1.54, 1.807) is 12.2 Å². The maximum absolute atomic E-state index is 10.7. The third-order valence-corrected chi connectivity index (χ3v) is 1.03. The van der Waals surface area contributed by atoms with E-state index < -0.39 is 0 Å². The first kappa shape index (κ1) is 8.95. The molecule has 0 aliphatic rings. The molecule has 0 aromatic heterocycles. The van der Waals surface area contributed by atoms with Gasteiger partial charge in [-0.1, -0.05) is 19.6 Å². The Morgan fingerprint density at radius 3 is 2.70 bits per heavy atom. The molecule has 0 aliphatic heterocycles. The predicted octanol–water partition coefficient (Wildman–Crippen LogP) is 1.60. The van der Waals surface area contributed by atoms with Crippen molar-refractivity contribution in [1.29, 1.82) is 0 Å². The molecule has 0 saturated carbocycles. The van der Waals surface area contributed by atoms with Gasteiger partial charge in [0.05, 0.1) is 0 Å². The van der Waals surface area contributed by atoms with E-state index in [0.29, 0.717) is 6.42 Å². The predicted molar refractivity (Wildman–Crippen MR) is 42.4 cm³/mol. The molecular weight excluding hydrogens is 126 g/mol. The summed E-state index contributed by atoms with van der Waals surface area (Å²) >= 11 is 0. The fourth-order valence-electron chi connectivity index (χ4n) is 0.527. The molecule has 0 aromatic rings. The third kappa shape index (κ3) is 3.89. The van der Waals surface area contributed by atoms with Crippen LogP contribution in [0.1, 0.15) is 20.3 Å². The summed E-state index contributed by atoms with van der Waals surface area (Å²) in [6, 6.07) is 0. The van der Waals surface area contributed by atoms with E-state index >= 15 is 0 Å². The maximum atomic E-state index is 10.7. The van der Waals surface area contributed by atoms with E-state index in [0.717, 1.165) is 5.70 Å². The summed E-state index contributed by atoms with van der Waals surface area (Å²) in [5.74, 6) is 0.0376. The molecule has 0 rings (SSSR count). The topological polar surface area (TPSA) is 29.1 Å². The monoisotopic (exact) mass is 139 g/mol. The fourth-order valence-corrected chi connectivity index (χ4v) is 0.527. The Labute approximate surface area is 61.6 Å². The standard InChI is InChI=1S/C8H13NO/c1-4-6-7(3)9-8(10)5-2/h4,6H,1,5H2,2-3H3,(H,9,10)/b7-6+. The molecule has 2 nitrogen and oxygen atoms in total. The molecule has 56 valence electrons. The van der Waals surface area contributed by atoms with Gasteiger partial charge in [-0.3, -0.25) is 4.79 Å². The zero-order chi connectivity index (χ0) is 7.98. The molecule has 1 amide bonds. The van der Waals surface area contributed by atoms with Crippen molar-refractivity contribution in [3.8, 4) is 0 Å². The highest BCUT2D eigenvalue weighted by molar-refractivity contribution is 5.77. The fraction of sp³-hybridized carbons (Fsp3) is 0.375. The van der Waals surface area contributed by atoms with Crippen molar-refractivity contribution in [3.63, 3.8) is 0 Å². The number of amides is 1. The largest absolute Gasteiger partial charge is 0.330 e. The molecule has 10 heavy (non-hydrogen) atoms. The second-order valence-electron chi connectivity index (χ2n) is 1.99. The van der Waals surface area contributed by atoms with Crippen molar-refractivity contribution in [3.05, 3.63) is 24.4 Å². The summed E-state index contributed by atoms with van der Waals surface area (Å²) in [6.07, 6.45) is 3.92. The van der Waals surface area contributed by atoms with Crippen LogP contribution in [0, 0.1) is 0 Å². The molecule has 0 heterocycles. The van der Waals surface area contributed by atoms with Crippen molar-refractivity contribution in [2.75, 3.05) is 0 Å². The van der Waals surface area contributed by atoms with Crippen LogP contribution in [0.3, 0.4) is 0 Å². The highest BCUT2D eigenvalue weighted by atomic mass is 16.1. The number of nitrogens with one attached hydrogen (secondary N) is 1. The number of allylic oxidation sites excluding steroid dienone is 3. The summed E-state index contributed by atoms with van der Waals surface area (Å²) in [7, 11) is 0. The minimum Gasteiger partial charge on any atom is -0.330 e. The van der Waals surface area contributed by atoms with Gasteiger partial charge in [0.2, 0.25) is 5.91 Å². The molecule has 0 bridgehead atoms. The first-order chi connectivity index (χ1) is 4.70. The Kier molecular flexibility index (Phi) is 4.29. The first-order valence-electron chi connectivity index (χ1n) is 3.30. The average molecular weight is 139 g/mol. The van der Waals surface area contributed by atoms with E-state index in [4.69, 9.17) is 0 Å². The number of hydrogen-bond acceptors (Lipinski definition) is 1. The normalized spacial score (nSPS) is 10.8. The molecule has 0 unspecified atom stereocenters. The van der Waals surface area contributed by atoms with Crippen molar-refractivity contribution in [2.45, 2.75) is 20.3 Å². The van der Waals surface area contributed by atoms with Gasteiger partial charge in [-0.15, -0.1) is 0 Å². The van der Waals surface area contributed by atoms with Crippen LogP contribution >= 0.6 is 0 Å². The van der Waals surface area contributed by atoms with Crippen LogP contribution in [-0.4, -0.2) is 5.91 Å². The Bertz CT molecular complexity index is 159. The van der Waals surface area contributed by atoms with Crippen molar-refractivity contribution < 1.29 is 4.79 Å². The lowest BCUT2D eigenvalue weighted by Gasteiger charge is -2.00. The van der Waals surface area contributed by atoms with E-state index in [2.05, 4.69) is 11.9 Å². The van der Waals surface area contributed by atoms with Crippen LogP contribution in [0.5, 0.6) is 0 Å². The first-order valence-corrected chi connectivity index (χ1v) is 3.30. The van der Waals surface area contributed by atoms with Gasteiger partial charge in [0.1, 0.15) is 0 Å². The molecule has 0 fully saturated rings. The SMILES string of the molecule is C=C/C=C(\C)NC(=O)CC. The molecule has 0 atom stereocenters. The van der Waals surface area contributed by atoms with E-state index in [-0.39, 0.29) is 5.91 Å². The Morgan fingerprint density at radius 2 is 2.30 bits per heavy atom. The minimum absolute atomic E-state index is 0.0376. The minimum atomic E-state index is 0.0376. The number of carbonyl (C=O) groups is 1. The second-order valence-corrected chi connectivity index (χ2v) is 1.99. The Hall–Kier alpha value is -1.05. The van der Waals surface area contributed by atoms with Crippen molar-refractivity contribution in [1.82, 2.24) is 5.32 Å². The van der Waals surface area contributed by atoms with Gasteiger partial charge < -0.3 is 5.32 Å². The van der Waals surface area contributed by atoms with Gasteiger partial charge >= 0.3 is 0 Å². The van der Waals surface area contributed by atoms with Gasteiger partial charge in [0.15, 0.2) is 0 Å². The Balaban J connectivity index is 3.78. The van der Waals surface area contributed by atoms with Gasteiger partial charge in [-0.25, -0.2) is 0 Å². The summed E-state index contributed by atoms with van der Waals surface area (Å²) in [4.78, 5) is 10.7. The number of rotatable bonds is 3. The molecule has 0 aliphatic carbocycles. The lowest BCUT2D eigenvalue weighted by Crippen LogP contribution is -2.19. The molecule has 2 heteroatoms. The van der Waals surface area contributed by atoms with Crippen LogP contribution in [0.2, 0.25) is 0 Å². The van der Waals surface area contributed by atoms with Crippen LogP contribution in [0.4, 0.5) is 0 Å². The highest BCUT2D eigenvalue weighted by Crippen LogP contribution is 1.87. The zero-order valence-corrected chi connectivity index (χ0v) is 6.48. The highest BCUT2D eigenvalue weighted by Gasteiger charge is 1.93. The van der Waals surface area contributed by atoms with Gasteiger partial charge in [-0.2, -0.15) is 0 Å². The molecule has 0 saturated heterocycles. The smallest absolute Gasteiger partial charge is 0.223 e. The maximum Gasteiger partial charge on any atom is 0.223 e. The second kappa shape index (κ2) is 4.79. The lowest BCUT2D eigenvalue weighted by atomic mass is 10.4. The molecule has 0 radical (unpaired) electrons. The molecule has 0 aromatic carbocycles. The van der Waals surface area contributed by atoms with Crippen molar-refractivity contribution in [2.24, 2.45) is 0 Å². The van der Waals surface area contributed by atoms with Crippen LogP contribution in [0.15, 0.2) is 24.4 Å². The molecule has 1 N–H and O–H groups in total. The Morgan fingerprint density at radius 1 is 1.70 bits per heavy atom. The summed E-state index contributed by atoms with van der Waals surface area (Å²) in [5.41, 5.74) is 0.835. The molecular formula is C8H13NO. The van der Waals surface area contributed by atoms with E-state index in [1.807, 2.05) is 13.8 Å². The van der Waals surface area contributed by atoms with Crippen LogP contribution in [-0.2, 0) is 4.79 Å². The van der Waals surface area contributed by atoms with Crippen molar-refractivity contribution >= 4 is 5.91 Å². The van der Waals surface area contributed by atoms with Crippen LogP contribution < -0.4 is 5.32 Å². The van der Waals surface area contributed by atoms with Crippen LogP contribution in [0.25, 0.3) is 0 Å². The van der Waals surface area contributed by atoms with Gasteiger partial charge in [0.25, 0.3) is 0 Å². The average Bonchev–Trinajstić information content (AvgIpc) is 1.88. The lowest BCUT2D eigenvalue weighted by molar-refractivity contribution is -0.120. The summed E-state index contributed by atoms with van der Waals surface area (Å²) in [6.45, 7) is 7.15. The summed E-state index contributed by atoms with van der Waals surface area (Å²) < 4.78 is 0. The quantitative estimate of drug-likeness (QED) is 0.591. The molecule has 0 spiro atoms. The van der Waals surface area contributed by atoms with Gasteiger partial charge in [-0.05, 0) is 13.0 Å². The third-order valence-electron chi connectivity index (χ3n) is 1.03. The number of carbonyl (C=O) groups excluding carboxylic acids is 1. The zero-order valence-electron chi connectivity index (χ0n) is 6.48. The number of hydrogen-bond donors (Lipinski definition) is 1. The van der Waals surface area contributed by atoms with E-state index in [1.165, 1.54) is 0 Å². The van der Waals surface area contributed by atoms with Gasteiger partial charge in [0, 0.05) is 12.1 Å².